The predicted molar refractivity (Wildman–Crippen MR) is 67.8 cm³/mol. The number of benzene rings is 1. The molecule has 1 atom stereocenters. The van der Waals surface area contributed by atoms with Gasteiger partial charge in [-0.1, -0.05) is 0 Å². The molecule has 0 fully saturated rings. The van der Waals surface area contributed by atoms with Crippen LogP contribution in [0.15, 0.2) is 29.4 Å². The van der Waals surface area contributed by atoms with Crippen LogP contribution < -0.4 is 4.74 Å². The van der Waals surface area contributed by atoms with Crippen LogP contribution in [0.2, 0.25) is 0 Å². The minimum absolute atomic E-state index is 0.142. The minimum atomic E-state index is -3.11. The van der Waals surface area contributed by atoms with Gasteiger partial charge in [0.2, 0.25) is 5.72 Å². The fourth-order valence-electron chi connectivity index (χ4n) is 1.99. The van der Waals surface area contributed by atoms with E-state index in [9.17, 15) is 18.7 Å². The maximum absolute atomic E-state index is 13.0. The van der Waals surface area contributed by atoms with Gasteiger partial charge in [0.1, 0.15) is 5.75 Å². The fraction of sp³-hybridized carbons (Fsp3) is 0.385. The summed E-state index contributed by atoms with van der Waals surface area (Å²) in [7, 11) is 1.47. The summed E-state index contributed by atoms with van der Waals surface area (Å²) < 4.78 is 31.0. The quantitative estimate of drug-likeness (QED) is 0.921. The van der Waals surface area contributed by atoms with Gasteiger partial charge in [-0.05, 0) is 31.2 Å². The molecule has 1 unspecified atom stereocenters. The molecule has 20 heavy (non-hydrogen) atoms. The third kappa shape index (κ3) is 2.36. The van der Waals surface area contributed by atoms with E-state index in [2.05, 4.69) is 5.10 Å². The highest BCUT2D eigenvalue weighted by atomic mass is 19.3. The first-order chi connectivity index (χ1) is 9.38. The third-order valence-electron chi connectivity index (χ3n) is 3.03. The van der Waals surface area contributed by atoms with Crippen molar-refractivity contribution in [2.45, 2.75) is 25.5 Å². The van der Waals surface area contributed by atoms with Crippen molar-refractivity contribution < 1.29 is 23.4 Å². The number of aliphatic hydroxyl groups is 1. The maximum Gasteiger partial charge on any atom is 0.287 e. The van der Waals surface area contributed by atoms with Crippen LogP contribution in [0.25, 0.3) is 0 Å². The van der Waals surface area contributed by atoms with Crippen molar-refractivity contribution in [3.63, 3.8) is 0 Å². The van der Waals surface area contributed by atoms with Gasteiger partial charge in [0.05, 0.1) is 7.11 Å². The average molecular weight is 284 g/mol. The van der Waals surface area contributed by atoms with Gasteiger partial charge in [0.15, 0.2) is 0 Å². The first-order valence-electron chi connectivity index (χ1n) is 5.91. The number of hydrogen-bond donors (Lipinski definition) is 1. The smallest absolute Gasteiger partial charge is 0.287 e. The van der Waals surface area contributed by atoms with Crippen molar-refractivity contribution in [2.24, 2.45) is 5.10 Å². The largest absolute Gasteiger partial charge is 0.497 e. The summed E-state index contributed by atoms with van der Waals surface area (Å²) in [6.07, 6.45) is -3.47. The Balaban J connectivity index is 2.31. The Morgan fingerprint density at radius 1 is 1.45 bits per heavy atom. The molecule has 1 aliphatic rings. The Labute approximate surface area is 114 Å². The maximum atomic E-state index is 13.0. The predicted octanol–water partition coefficient (Wildman–Crippen LogP) is 1.87. The van der Waals surface area contributed by atoms with Crippen molar-refractivity contribution in [1.29, 1.82) is 0 Å². The SMILES string of the molecule is COc1ccc(C(=O)N2N=C(C)CC2(O)C(F)F)cc1. The van der Waals surface area contributed by atoms with E-state index in [4.69, 9.17) is 4.74 Å². The van der Waals surface area contributed by atoms with Gasteiger partial charge in [0, 0.05) is 17.7 Å². The average Bonchev–Trinajstić information content (AvgIpc) is 2.74. The van der Waals surface area contributed by atoms with E-state index in [1.54, 1.807) is 0 Å². The number of carbonyl (C=O) groups excluding carboxylic acids is 1. The number of halogens is 2. The number of nitrogens with zero attached hydrogens (tertiary/aromatic N) is 2. The summed E-state index contributed by atoms with van der Waals surface area (Å²) in [6, 6.07) is 5.91. The minimum Gasteiger partial charge on any atom is -0.497 e. The first kappa shape index (κ1) is 14.4. The molecule has 1 aromatic carbocycles. The molecule has 1 aliphatic heterocycles. The highest BCUT2D eigenvalue weighted by Gasteiger charge is 2.51. The van der Waals surface area contributed by atoms with E-state index in [1.165, 1.54) is 38.3 Å². The van der Waals surface area contributed by atoms with Gasteiger partial charge in [-0.15, -0.1) is 0 Å². The number of hydrogen-bond acceptors (Lipinski definition) is 4. The summed E-state index contributed by atoms with van der Waals surface area (Å²) in [5, 5.41) is 14.1. The van der Waals surface area contributed by atoms with Gasteiger partial charge in [0.25, 0.3) is 12.3 Å². The van der Waals surface area contributed by atoms with E-state index in [0.717, 1.165) is 0 Å². The molecule has 0 saturated carbocycles. The molecule has 0 radical (unpaired) electrons. The zero-order chi connectivity index (χ0) is 14.9. The van der Waals surface area contributed by atoms with E-state index < -0.39 is 18.1 Å². The molecule has 1 amide bonds. The van der Waals surface area contributed by atoms with Crippen LogP contribution in [0.4, 0.5) is 8.78 Å². The summed E-state index contributed by atoms with van der Waals surface area (Å²) in [5.74, 6) is -0.251. The molecular weight excluding hydrogens is 270 g/mol. The monoisotopic (exact) mass is 284 g/mol. The number of methoxy groups -OCH3 is 1. The molecular formula is C13H14F2N2O3. The molecule has 5 nitrogen and oxygen atoms in total. The zero-order valence-electron chi connectivity index (χ0n) is 11.0. The van der Waals surface area contributed by atoms with E-state index >= 15 is 0 Å². The van der Waals surface area contributed by atoms with Crippen LogP contribution in [0.1, 0.15) is 23.7 Å². The second-order valence-corrected chi connectivity index (χ2v) is 4.54. The summed E-state index contributed by atoms with van der Waals surface area (Å²) in [5.41, 5.74) is -2.17. The lowest BCUT2D eigenvalue weighted by molar-refractivity contribution is -0.164. The van der Waals surface area contributed by atoms with Crippen LogP contribution in [-0.4, -0.2) is 41.0 Å². The van der Waals surface area contributed by atoms with Gasteiger partial charge in [-0.25, -0.2) is 8.78 Å². The molecule has 7 heteroatoms. The van der Waals surface area contributed by atoms with Crippen molar-refractivity contribution in [1.82, 2.24) is 5.01 Å². The number of hydrazone groups is 1. The van der Waals surface area contributed by atoms with E-state index in [0.29, 0.717) is 10.8 Å². The second-order valence-electron chi connectivity index (χ2n) is 4.54. The number of rotatable bonds is 3. The normalized spacial score (nSPS) is 22.1. The lowest BCUT2D eigenvalue weighted by Crippen LogP contribution is -2.51. The molecule has 0 saturated heterocycles. The summed E-state index contributed by atoms with van der Waals surface area (Å²) in [4.78, 5) is 12.2. The summed E-state index contributed by atoms with van der Waals surface area (Å²) >= 11 is 0. The Morgan fingerprint density at radius 3 is 2.55 bits per heavy atom. The van der Waals surface area contributed by atoms with Crippen molar-refractivity contribution in [3.8, 4) is 5.75 Å². The van der Waals surface area contributed by atoms with Crippen LogP contribution in [0, 0.1) is 0 Å². The number of ether oxygens (including phenoxy) is 1. The number of amides is 1. The fourth-order valence-corrected chi connectivity index (χ4v) is 1.99. The first-order valence-corrected chi connectivity index (χ1v) is 5.91. The van der Waals surface area contributed by atoms with Crippen LogP contribution in [0.3, 0.4) is 0 Å². The van der Waals surface area contributed by atoms with E-state index in [-0.39, 0.29) is 17.7 Å². The molecule has 0 bridgehead atoms. The molecule has 2 rings (SSSR count). The van der Waals surface area contributed by atoms with Gasteiger partial charge < -0.3 is 9.84 Å². The van der Waals surface area contributed by atoms with Crippen molar-refractivity contribution >= 4 is 11.6 Å². The van der Waals surface area contributed by atoms with Crippen molar-refractivity contribution in [3.05, 3.63) is 29.8 Å². The molecule has 0 aliphatic carbocycles. The molecule has 0 spiro atoms. The molecule has 1 N–H and O–H groups in total. The Bertz CT molecular complexity index is 545. The molecule has 1 heterocycles. The second kappa shape index (κ2) is 5.16. The number of carbonyl (C=O) groups is 1. The molecule has 108 valence electrons. The van der Waals surface area contributed by atoms with Crippen LogP contribution in [-0.2, 0) is 0 Å². The van der Waals surface area contributed by atoms with Gasteiger partial charge >= 0.3 is 0 Å². The third-order valence-corrected chi connectivity index (χ3v) is 3.03. The standard InChI is InChI=1S/C13H14F2N2O3/c1-8-7-13(19,12(14)15)17(16-8)11(18)9-3-5-10(20-2)6-4-9/h3-6,12,19H,7H2,1-2H3. The zero-order valence-corrected chi connectivity index (χ0v) is 11.0. The van der Waals surface area contributed by atoms with Gasteiger partial charge in [-0.3, -0.25) is 4.79 Å². The van der Waals surface area contributed by atoms with Crippen LogP contribution in [0.5, 0.6) is 5.75 Å². The van der Waals surface area contributed by atoms with E-state index in [1.807, 2.05) is 0 Å². The highest BCUT2D eigenvalue weighted by Crippen LogP contribution is 2.32. The Hall–Kier alpha value is -2.02. The number of alkyl halides is 2. The highest BCUT2D eigenvalue weighted by molar-refractivity contribution is 5.97. The molecule has 0 aromatic heterocycles. The molecule has 1 aromatic rings. The Morgan fingerprint density at radius 2 is 2.05 bits per heavy atom. The lowest BCUT2D eigenvalue weighted by Gasteiger charge is -2.30. The summed E-state index contributed by atoms with van der Waals surface area (Å²) in [6.45, 7) is 1.48. The lowest BCUT2D eigenvalue weighted by atomic mass is 10.1. The van der Waals surface area contributed by atoms with Gasteiger partial charge in [-0.2, -0.15) is 10.1 Å². The topological polar surface area (TPSA) is 62.1 Å². The van der Waals surface area contributed by atoms with Crippen LogP contribution >= 0.6 is 0 Å². The Kier molecular flexibility index (Phi) is 3.71. The van der Waals surface area contributed by atoms with Crippen molar-refractivity contribution in [2.75, 3.05) is 7.11 Å².